The van der Waals surface area contributed by atoms with E-state index in [0.29, 0.717) is 30.1 Å². The third-order valence-corrected chi connectivity index (χ3v) is 4.11. The minimum atomic E-state index is -1.13. The van der Waals surface area contributed by atoms with E-state index < -0.39 is 11.5 Å². The van der Waals surface area contributed by atoms with Crippen molar-refractivity contribution in [1.82, 2.24) is 10.3 Å². The summed E-state index contributed by atoms with van der Waals surface area (Å²) >= 11 is 0. The van der Waals surface area contributed by atoms with Crippen LogP contribution in [0.1, 0.15) is 38.3 Å². The number of carbonyl (C=O) groups is 2. The van der Waals surface area contributed by atoms with Crippen LogP contribution in [0, 0.1) is 5.92 Å². The normalized spacial score (nSPS) is 25.3. The van der Waals surface area contributed by atoms with E-state index in [9.17, 15) is 14.7 Å². The molecule has 1 aliphatic carbocycles. The average Bonchev–Trinajstić information content (AvgIpc) is 2.44. The summed E-state index contributed by atoms with van der Waals surface area (Å²) in [7, 11) is 0. The number of nitrogen functional groups attached to an aromatic ring is 1. The number of hydrogen-bond donors (Lipinski definition) is 3. The highest BCUT2D eigenvalue weighted by Crippen LogP contribution is 2.32. The summed E-state index contributed by atoms with van der Waals surface area (Å²) in [5.74, 6) is -0.759. The highest BCUT2D eigenvalue weighted by atomic mass is 16.4. The number of anilines is 1. The maximum absolute atomic E-state index is 12.1. The van der Waals surface area contributed by atoms with Crippen molar-refractivity contribution in [2.75, 3.05) is 5.73 Å². The zero-order chi connectivity index (χ0) is 15.5. The van der Waals surface area contributed by atoms with Crippen molar-refractivity contribution < 1.29 is 14.7 Å². The molecule has 1 aromatic rings. The summed E-state index contributed by atoms with van der Waals surface area (Å²) in [5.41, 5.74) is 5.52. The summed E-state index contributed by atoms with van der Waals surface area (Å²) in [5, 5.41) is 12.2. The van der Waals surface area contributed by atoms with E-state index in [2.05, 4.69) is 17.2 Å². The van der Waals surface area contributed by atoms with Gasteiger partial charge in [-0.2, -0.15) is 0 Å². The Balaban J connectivity index is 2.02. The van der Waals surface area contributed by atoms with E-state index in [1.807, 2.05) is 0 Å². The van der Waals surface area contributed by atoms with Crippen LogP contribution in [0.15, 0.2) is 18.3 Å². The van der Waals surface area contributed by atoms with Gasteiger partial charge in [0, 0.05) is 5.69 Å². The molecule has 0 spiro atoms. The molecule has 0 aliphatic heterocycles. The molecule has 1 aromatic heterocycles. The monoisotopic (exact) mass is 291 g/mol. The Labute approximate surface area is 123 Å². The van der Waals surface area contributed by atoms with Crippen LogP contribution in [-0.2, 0) is 16.0 Å². The Morgan fingerprint density at radius 1 is 1.43 bits per heavy atom. The molecule has 1 fully saturated rings. The molecule has 2 rings (SSSR count). The third-order valence-electron chi connectivity index (χ3n) is 4.11. The van der Waals surface area contributed by atoms with Crippen LogP contribution in [-0.4, -0.2) is 27.5 Å². The van der Waals surface area contributed by atoms with Crippen LogP contribution in [0.4, 0.5) is 5.69 Å². The van der Waals surface area contributed by atoms with Gasteiger partial charge in [-0.3, -0.25) is 9.78 Å². The van der Waals surface area contributed by atoms with Gasteiger partial charge < -0.3 is 16.2 Å². The zero-order valence-corrected chi connectivity index (χ0v) is 12.1. The third kappa shape index (κ3) is 3.71. The minimum absolute atomic E-state index is 0.0604. The Morgan fingerprint density at radius 2 is 2.10 bits per heavy atom. The van der Waals surface area contributed by atoms with E-state index in [-0.39, 0.29) is 12.3 Å². The molecule has 0 bridgehead atoms. The zero-order valence-electron chi connectivity index (χ0n) is 12.1. The van der Waals surface area contributed by atoms with Gasteiger partial charge in [-0.1, -0.05) is 6.92 Å². The van der Waals surface area contributed by atoms with Crippen LogP contribution in [0.5, 0.6) is 0 Å². The number of amides is 1. The fraction of sp³-hybridized carbons (Fsp3) is 0.533. The molecule has 1 saturated carbocycles. The number of hydrogen-bond acceptors (Lipinski definition) is 4. The summed E-state index contributed by atoms with van der Waals surface area (Å²) in [4.78, 5) is 27.7. The molecule has 1 heterocycles. The van der Waals surface area contributed by atoms with Gasteiger partial charge in [-0.05, 0) is 43.7 Å². The molecule has 6 heteroatoms. The molecule has 0 atom stereocenters. The van der Waals surface area contributed by atoms with E-state index in [4.69, 9.17) is 5.73 Å². The number of rotatable bonds is 4. The van der Waals surface area contributed by atoms with Crippen LogP contribution in [0.2, 0.25) is 0 Å². The first-order chi connectivity index (χ1) is 9.91. The first-order valence-electron chi connectivity index (χ1n) is 7.16. The topological polar surface area (TPSA) is 105 Å². The molecule has 0 saturated heterocycles. The number of nitrogens with one attached hydrogen (secondary N) is 1. The second kappa shape index (κ2) is 6.11. The fourth-order valence-corrected chi connectivity index (χ4v) is 2.66. The van der Waals surface area contributed by atoms with E-state index in [1.54, 1.807) is 12.1 Å². The maximum Gasteiger partial charge on any atom is 0.329 e. The van der Waals surface area contributed by atoms with E-state index in [0.717, 1.165) is 12.8 Å². The van der Waals surface area contributed by atoms with Crippen molar-refractivity contribution in [3.63, 3.8) is 0 Å². The van der Waals surface area contributed by atoms with Crippen molar-refractivity contribution in [3.05, 3.63) is 24.0 Å². The van der Waals surface area contributed by atoms with Crippen molar-refractivity contribution in [1.29, 1.82) is 0 Å². The highest BCUT2D eigenvalue weighted by Gasteiger charge is 2.42. The lowest BCUT2D eigenvalue weighted by molar-refractivity contribution is -0.149. The summed E-state index contributed by atoms with van der Waals surface area (Å²) in [6.45, 7) is 2.10. The van der Waals surface area contributed by atoms with Crippen LogP contribution < -0.4 is 11.1 Å². The molecule has 1 aliphatic rings. The van der Waals surface area contributed by atoms with Gasteiger partial charge >= 0.3 is 5.97 Å². The quantitative estimate of drug-likeness (QED) is 0.776. The summed E-state index contributed by atoms with van der Waals surface area (Å²) < 4.78 is 0. The number of pyridine rings is 1. The molecule has 6 nitrogen and oxygen atoms in total. The van der Waals surface area contributed by atoms with Crippen molar-refractivity contribution in [3.8, 4) is 0 Å². The Kier molecular flexibility index (Phi) is 4.45. The van der Waals surface area contributed by atoms with Crippen LogP contribution >= 0.6 is 0 Å². The van der Waals surface area contributed by atoms with Gasteiger partial charge in [0.05, 0.1) is 18.3 Å². The molecule has 0 radical (unpaired) electrons. The molecule has 4 N–H and O–H groups in total. The SMILES string of the molecule is CC1CCC(NC(=O)Cc2ccc(N)cn2)(C(=O)O)CC1. The first-order valence-corrected chi connectivity index (χ1v) is 7.16. The van der Waals surface area contributed by atoms with Gasteiger partial charge in [0.2, 0.25) is 5.91 Å². The van der Waals surface area contributed by atoms with Gasteiger partial charge in [-0.25, -0.2) is 4.79 Å². The second-order valence-electron chi connectivity index (χ2n) is 5.88. The predicted octanol–water partition coefficient (Wildman–Crippen LogP) is 1.36. The van der Waals surface area contributed by atoms with Crippen LogP contribution in [0.3, 0.4) is 0 Å². The van der Waals surface area contributed by atoms with Crippen molar-refractivity contribution >= 4 is 17.6 Å². The highest BCUT2D eigenvalue weighted by molar-refractivity contribution is 5.87. The lowest BCUT2D eigenvalue weighted by Crippen LogP contribution is -2.56. The molecule has 114 valence electrons. The van der Waals surface area contributed by atoms with Crippen LogP contribution in [0.25, 0.3) is 0 Å². The molecule has 21 heavy (non-hydrogen) atoms. The number of aliphatic carboxylic acids is 1. The van der Waals surface area contributed by atoms with Crippen molar-refractivity contribution in [2.24, 2.45) is 5.92 Å². The molecular weight excluding hydrogens is 270 g/mol. The predicted molar refractivity (Wildman–Crippen MR) is 78.5 cm³/mol. The lowest BCUT2D eigenvalue weighted by Gasteiger charge is -2.36. The summed E-state index contributed by atoms with van der Waals surface area (Å²) in [6, 6.07) is 3.34. The van der Waals surface area contributed by atoms with Gasteiger partial charge in [0.15, 0.2) is 0 Å². The molecule has 0 unspecified atom stereocenters. The number of carboxylic acids is 1. The van der Waals surface area contributed by atoms with E-state index in [1.165, 1.54) is 6.20 Å². The van der Waals surface area contributed by atoms with Gasteiger partial charge in [0.1, 0.15) is 5.54 Å². The Morgan fingerprint density at radius 3 is 2.62 bits per heavy atom. The van der Waals surface area contributed by atoms with E-state index >= 15 is 0 Å². The van der Waals surface area contributed by atoms with Crippen molar-refractivity contribution in [2.45, 2.75) is 44.6 Å². The maximum atomic E-state index is 12.1. The number of aromatic nitrogens is 1. The number of carbonyl (C=O) groups excluding carboxylic acids is 1. The lowest BCUT2D eigenvalue weighted by atomic mass is 9.77. The van der Waals surface area contributed by atoms with Gasteiger partial charge in [0.25, 0.3) is 0 Å². The second-order valence-corrected chi connectivity index (χ2v) is 5.88. The number of nitrogens with two attached hydrogens (primary N) is 1. The summed E-state index contributed by atoms with van der Waals surface area (Å²) in [6.07, 6.45) is 4.12. The Bertz CT molecular complexity index is 519. The first kappa shape index (κ1) is 15.3. The smallest absolute Gasteiger partial charge is 0.329 e. The average molecular weight is 291 g/mol. The number of carboxylic acid groups (broad SMARTS) is 1. The molecular formula is C15H21N3O3. The standard InChI is InChI=1S/C15H21N3O3/c1-10-4-6-15(7-5-10,14(20)21)18-13(19)8-12-3-2-11(16)9-17-12/h2-3,9-10H,4-8,16H2,1H3,(H,18,19)(H,20,21). The number of nitrogens with zero attached hydrogens (tertiary/aromatic N) is 1. The molecule has 1 amide bonds. The minimum Gasteiger partial charge on any atom is -0.480 e. The Hall–Kier alpha value is -2.11. The fourth-order valence-electron chi connectivity index (χ4n) is 2.66. The molecule has 0 aromatic carbocycles. The van der Waals surface area contributed by atoms with Gasteiger partial charge in [-0.15, -0.1) is 0 Å². The largest absolute Gasteiger partial charge is 0.480 e.